The molecule has 60 heavy (non-hydrogen) atoms. The van der Waals surface area contributed by atoms with Gasteiger partial charge in [0.15, 0.2) is 5.60 Å². The van der Waals surface area contributed by atoms with Crippen LogP contribution in [0.15, 0.2) is 121 Å². The number of nitrogens with one attached hydrogen (secondary N) is 1. The predicted molar refractivity (Wildman–Crippen MR) is 235 cm³/mol. The van der Waals surface area contributed by atoms with E-state index in [1.165, 1.54) is 0 Å². The van der Waals surface area contributed by atoms with Crippen molar-refractivity contribution in [2.75, 3.05) is 44.7 Å². The largest absolute Gasteiger partial charge is 0.497 e. The van der Waals surface area contributed by atoms with Gasteiger partial charge in [-0.15, -0.1) is 0 Å². The topological polar surface area (TPSA) is 127 Å². The molecule has 0 radical (unpaired) electrons. The number of methoxy groups -OCH3 is 3. The normalized spacial score (nSPS) is 19.6. The molecule has 1 spiro atoms. The molecular weight excluding hydrogens is 775 g/mol. The van der Waals surface area contributed by atoms with E-state index in [1.807, 2.05) is 84.9 Å². The van der Waals surface area contributed by atoms with E-state index in [1.54, 1.807) is 55.4 Å². The maximum atomic E-state index is 15.5. The highest BCUT2D eigenvalue weighted by Crippen LogP contribution is 2.60. The summed E-state index contributed by atoms with van der Waals surface area (Å²) in [7, 11) is 2.24. The van der Waals surface area contributed by atoms with Crippen LogP contribution in [-0.2, 0) is 33.0 Å². The quantitative estimate of drug-likeness (QED) is 0.107. The Labute approximate surface area is 352 Å². The number of aliphatic hydroxyl groups excluding tert-OH is 1. The Kier molecular flexibility index (Phi) is 12.5. The summed E-state index contributed by atoms with van der Waals surface area (Å²) in [6, 6.07) is 37.8. The van der Waals surface area contributed by atoms with E-state index in [2.05, 4.69) is 37.5 Å². The number of rotatable bonds is 15. The first-order valence-corrected chi connectivity index (χ1v) is 23.3. The Morgan fingerprint density at radius 1 is 0.817 bits per heavy atom. The van der Waals surface area contributed by atoms with Crippen molar-refractivity contribution < 1.29 is 38.4 Å². The van der Waals surface area contributed by atoms with Gasteiger partial charge in [0.25, 0.3) is 11.8 Å². The van der Waals surface area contributed by atoms with Crippen LogP contribution in [0.1, 0.15) is 40.4 Å². The van der Waals surface area contributed by atoms with Crippen LogP contribution in [0.5, 0.6) is 17.2 Å². The maximum Gasteiger partial charge on any atom is 0.264 e. The average Bonchev–Trinajstić information content (AvgIpc) is 3.69. The molecule has 312 valence electrons. The smallest absolute Gasteiger partial charge is 0.264 e. The van der Waals surface area contributed by atoms with E-state index in [4.69, 9.17) is 18.9 Å². The number of benzene rings is 5. The van der Waals surface area contributed by atoms with Gasteiger partial charge in [0.1, 0.15) is 17.2 Å². The molecule has 0 saturated carbocycles. The van der Waals surface area contributed by atoms with Gasteiger partial charge in [0.05, 0.1) is 60.8 Å². The number of amides is 3. The highest BCUT2D eigenvalue weighted by atomic mass is 28.3. The lowest BCUT2D eigenvalue weighted by Gasteiger charge is -2.37. The second-order valence-corrected chi connectivity index (χ2v) is 20.7. The Hall–Kier alpha value is -5.95. The zero-order chi connectivity index (χ0) is 42.6. The zero-order valence-corrected chi connectivity index (χ0v) is 36.0. The molecular formula is C48H53N3O8Si. The molecule has 1 fully saturated rings. The first kappa shape index (κ1) is 42.2. The van der Waals surface area contributed by atoms with Crippen LogP contribution in [-0.4, -0.2) is 76.4 Å². The maximum absolute atomic E-state index is 15.5. The molecule has 3 amide bonds. The standard InChI is InChI=1S/C48H53N3O8Si/c1-32-45(60(5,6)40-22-19-38(57-3)20-23-40)43(29-44(53)50(25-26-52)30-33-11-8-7-9-12-33)59-48(32)41-28-39(58-4)21-24-42(41)51(47(48)55)31-34-13-10-14-36(27-34)49-46(54)35-15-17-37(56-2)18-16-35/h7-24,27-28,32,43,45,52H,25-26,29-31H2,1-6H3,(H,49,54)/t32-,43+,45-,48+/m1/s1. The SMILES string of the molecule is COc1ccc(C(=O)Nc2cccc(CN3C(=O)[C@@]4(O[C@@H](CC(=O)N(CCO)Cc5ccccc5)[C@H]([Si](C)(C)c5ccc(OC)cc5)[C@H]4C)c4cc(OC)ccc43)c2)cc1. The zero-order valence-electron chi connectivity index (χ0n) is 35.0. The lowest BCUT2D eigenvalue weighted by Crippen LogP contribution is -2.52. The average molecular weight is 828 g/mol. The van der Waals surface area contributed by atoms with E-state index < -0.39 is 19.8 Å². The second kappa shape index (κ2) is 17.7. The summed E-state index contributed by atoms with van der Waals surface area (Å²) in [4.78, 5) is 46.5. The first-order valence-electron chi connectivity index (χ1n) is 20.2. The van der Waals surface area contributed by atoms with Crippen LogP contribution >= 0.6 is 0 Å². The number of carbonyl (C=O) groups excluding carboxylic acids is 3. The highest BCUT2D eigenvalue weighted by molar-refractivity contribution is 6.91. The second-order valence-electron chi connectivity index (χ2n) is 16.0. The third-order valence-electron chi connectivity index (χ3n) is 12.2. The van der Waals surface area contributed by atoms with E-state index >= 15 is 4.79 Å². The van der Waals surface area contributed by atoms with E-state index in [9.17, 15) is 14.7 Å². The van der Waals surface area contributed by atoms with Gasteiger partial charge in [-0.25, -0.2) is 0 Å². The molecule has 4 atom stereocenters. The molecule has 7 rings (SSSR count). The lowest BCUT2D eigenvalue weighted by atomic mass is 9.82. The minimum Gasteiger partial charge on any atom is -0.497 e. The van der Waals surface area contributed by atoms with Crippen molar-refractivity contribution in [2.45, 2.75) is 56.8 Å². The van der Waals surface area contributed by atoms with Crippen molar-refractivity contribution in [3.63, 3.8) is 0 Å². The van der Waals surface area contributed by atoms with Crippen molar-refractivity contribution in [2.24, 2.45) is 5.92 Å². The van der Waals surface area contributed by atoms with Crippen LogP contribution in [0, 0.1) is 5.92 Å². The number of anilines is 2. The van der Waals surface area contributed by atoms with E-state index in [0.717, 1.165) is 22.1 Å². The van der Waals surface area contributed by atoms with Crippen LogP contribution < -0.4 is 29.6 Å². The number of nitrogens with zero attached hydrogens (tertiary/aromatic N) is 2. The van der Waals surface area contributed by atoms with Gasteiger partial charge in [0, 0.05) is 35.8 Å². The van der Waals surface area contributed by atoms with Gasteiger partial charge < -0.3 is 39.2 Å². The monoisotopic (exact) mass is 827 g/mol. The third-order valence-corrected chi connectivity index (χ3v) is 16.6. The van der Waals surface area contributed by atoms with Crippen molar-refractivity contribution in [1.29, 1.82) is 0 Å². The van der Waals surface area contributed by atoms with Gasteiger partial charge in [-0.2, -0.15) is 0 Å². The lowest BCUT2D eigenvalue weighted by molar-refractivity contribution is -0.150. The van der Waals surface area contributed by atoms with Crippen LogP contribution in [0.4, 0.5) is 11.4 Å². The Bertz CT molecular complexity index is 2320. The Balaban J connectivity index is 1.25. The molecule has 11 nitrogen and oxygen atoms in total. The molecule has 0 unspecified atom stereocenters. The van der Waals surface area contributed by atoms with Gasteiger partial charge in [0.2, 0.25) is 5.91 Å². The number of hydrogen-bond donors (Lipinski definition) is 2. The number of fused-ring (bicyclic) bond motifs is 2. The summed E-state index contributed by atoms with van der Waals surface area (Å²) in [6.45, 7) is 7.16. The van der Waals surface area contributed by atoms with Crippen molar-refractivity contribution in [3.05, 3.63) is 144 Å². The molecule has 2 heterocycles. The van der Waals surface area contributed by atoms with Crippen LogP contribution in [0.25, 0.3) is 0 Å². The molecule has 5 aromatic carbocycles. The molecule has 0 bridgehead atoms. The third kappa shape index (κ3) is 8.14. The summed E-state index contributed by atoms with van der Waals surface area (Å²) in [6.07, 6.45) is -0.605. The van der Waals surface area contributed by atoms with Gasteiger partial charge in [-0.05, 0) is 83.4 Å². The Morgan fingerprint density at radius 3 is 2.10 bits per heavy atom. The van der Waals surface area contributed by atoms with E-state index in [0.29, 0.717) is 40.5 Å². The minimum atomic E-state index is -2.57. The predicted octanol–water partition coefficient (Wildman–Crippen LogP) is 7.14. The summed E-state index contributed by atoms with van der Waals surface area (Å²) < 4.78 is 23.7. The van der Waals surface area contributed by atoms with Crippen molar-refractivity contribution >= 4 is 42.4 Å². The molecule has 5 aromatic rings. The fourth-order valence-electron chi connectivity index (χ4n) is 9.17. The molecule has 12 heteroatoms. The van der Waals surface area contributed by atoms with Crippen molar-refractivity contribution in [1.82, 2.24) is 4.90 Å². The summed E-state index contributed by atoms with van der Waals surface area (Å²) in [5.41, 5.74) is 2.59. The fourth-order valence-corrected chi connectivity index (χ4v) is 13.2. The number of ether oxygens (including phenoxy) is 4. The molecule has 2 aliphatic rings. The number of carbonyl (C=O) groups is 3. The molecule has 1 saturated heterocycles. The minimum absolute atomic E-state index is 0.0265. The molecule has 0 aromatic heterocycles. The summed E-state index contributed by atoms with van der Waals surface area (Å²) in [5, 5.41) is 14.2. The number of hydrogen-bond acceptors (Lipinski definition) is 8. The van der Waals surface area contributed by atoms with Gasteiger partial charge >= 0.3 is 0 Å². The van der Waals surface area contributed by atoms with Crippen molar-refractivity contribution in [3.8, 4) is 17.2 Å². The molecule has 2 N–H and O–H groups in total. The fraction of sp³-hybridized carbons (Fsp3) is 0.312. The molecule has 0 aliphatic carbocycles. The van der Waals surface area contributed by atoms with Crippen LogP contribution in [0.2, 0.25) is 18.6 Å². The summed E-state index contributed by atoms with van der Waals surface area (Å²) in [5.74, 6) is 0.973. The highest BCUT2D eigenvalue weighted by Gasteiger charge is 2.66. The summed E-state index contributed by atoms with van der Waals surface area (Å²) >= 11 is 0. The van der Waals surface area contributed by atoms with E-state index in [-0.39, 0.29) is 55.3 Å². The Morgan fingerprint density at radius 2 is 1.45 bits per heavy atom. The number of aliphatic hydroxyl groups is 1. The van der Waals surface area contributed by atoms with Gasteiger partial charge in [-0.1, -0.05) is 79.8 Å². The first-order chi connectivity index (χ1) is 28.9. The van der Waals surface area contributed by atoms with Gasteiger partial charge in [-0.3, -0.25) is 14.4 Å². The van der Waals surface area contributed by atoms with Crippen LogP contribution in [0.3, 0.4) is 0 Å². The molecule has 2 aliphatic heterocycles.